The summed E-state index contributed by atoms with van der Waals surface area (Å²) < 4.78 is 4.94. The van der Waals surface area contributed by atoms with Gasteiger partial charge in [0.05, 0.1) is 36.8 Å². The normalized spacial score (nSPS) is 28.9. The molecule has 3 aliphatic heterocycles. The highest BCUT2D eigenvalue weighted by Gasteiger charge is 2.60. The molecule has 4 rings (SSSR count). The van der Waals surface area contributed by atoms with Crippen LogP contribution < -0.4 is 10.6 Å². The highest BCUT2D eigenvalue weighted by atomic mass is 32.2. The van der Waals surface area contributed by atoms with E-state index in [9.17, 15) is 24.3 Å². The number of hydrogen-bond donors (Lipinski definition) is 4. The number of benzene rings is 1. The molecule has 2 fully saturated rings. The van der Waals surface area contributed by atoms with Crippen molar-refractivity contribution in [3.8, 4) is 0 Å². The van der Waals surface area contributed by atoms with Gasteiger partial charge in [0.2, 0.25) is 11.8 Å². The molecule has 0 aromatic heterocycles. The predicted octanol–water partition coefficient (Wildman–Crippen LogP) is 1.03. The van der Waals surface area contributed by atoms with Crippen LogP contribution in [0.15, 0.2) is 34.9 Å². The van der Waals surface area contributed by atoms with Crippen LogP contribution in [0.4, 0.5) is 5.69 Å². The smallest absolute Gasteiger partial charge is 0.355 e. The van der Waals surface area contributed by atoms with Gasteiger partial charge in [0.25, 0.3) is 0 Å². The SMILES string of the molecule is COC(=O)C1=C(S[C@@H]2CN[C@H](C(=O)Nc3cccc(C(=O)O)c3)C2)[C@H](C)[C@@H]2[C@@H]([C@@H](C)O)C(=O)N12. The lowest BCUT2D eigenvalue weighted by Crippen LogP contribution is -2.63. The van der Waals surface area contributed by atoms with E-state index >= 15 is 0 Å². The average Bonchev–Trinajstić information content (AvgIpc) is 3.35. The van der Waals surface area contributed by atoms with Crippen LogP contribution in [0.5, 0.6) is 0 Å². The van der Waals surface area contributed by atoms with Crippen molar-refractivity contribution >= 4 is 41.2 Å². The fourth-order valence-electron chi connectivity index (χ4n) is 4.90. The van der Waals surface area contributed by atoms with Crippen LogP contribution in [0, 0.1) is 11.8 Å². The summed E-state index contributed by atoms with van der Waals surface area (Å²) in [5.74, 6) is -2.94. The highest BCUT2D eigenvalue weighted by molar-refractivity contribution is 8.03. The van der Waals surface area contributed by atoms with Gasteiger partial charge < -0.3 is 30.5 Å². The Balaban J connectivity index is 1.45. The van der Waals surface area contributed by atoms with Gasteiger partial charge in [-0.1, -0.05) is 13.0 Å². The second-order valence-corrected chi connectivity index (χ2v) is 10.1. The van der Waals surface area contributed by atoms with Crippen molar-refractivity contribution in [3.63, 3.8) is 0 Å². The second-order valence-electron chi connectivity index (χ2n) is 8.77. The number of methoxy groups -OCH3 is 1. The Labute approximate surface area is 200 Å². The predicted molar refractivity (Wildman–Crippen MR) is 124 cm³/mol. The Kier molecular flexibility index (Phi) is 6.70. The average molecular weight is 490 g/mol. The molecule has 11 heteroatoms. The molecule has 0 aliphatic carbocycles. The van der Waals surface area contributed by atoms with Crippen molar-refractivity contribution in [1.82, 2.24) is 10.2 Å². The molecule has 6 atom stereocenters. The molecular weight excluding hydrogens is 462 g/mol. The van der Waals surface area contributed by atoms with Crippen molar-refractivity contribution in [2.75, 3.05) is 19.0 Å². The number of esters is 1. The number of nitrogens with zero attached hydrogens (tertiary/aromatic N) is 1. The van der Waals surface area contributed by atoms with E-state index in [2.05, 4.69) is 10.6 Å². The number of ether oxygens (including phenoxy) is 1. The fraction of sp³-hybridized carbons (Fsp3) is 0.478. The molecule has 4 N–H and O–H groups in total. The number of β-lactam (4-membered cyclic amide) rings is 1. The largest absolute Gasteiger partial charge is 0.478 e. The zero-order valence-electron chi connectivity index (χ0n) is 19.0. The number of aliphatic hydroxyl groups excluding tert-OH is 1. The number of carbonyl (C=O) groups excluding carboxylic acids is 3. The fourth-order valence-corrected chi connectivity index (χ4v) is 6.37. The van der Waals surface area contributed by atoms with Gasteiger partial charge in [-0.25, -0.2) is 9.59 Å². The standard InChI is InChI=1S/C23H27N3O7S/c1-10-17-16(11(2)27)21(29)26(17)18(23(32)33-3)19(10)34-14-8-15(24-9-14)20(28)25-13-6-4-5-12(7-13)22(30)31/h4-7,10-11,14-17,24,27H,8-9H2,1-3H3,(H,25,28)(H,30,31)/t10-,11-,14+,15+,16-,17-/m1/s1. The zero-order valence-corrected chi connectivity index (χ0v) is 19.8. The van der Waals surface area contributed by atoms with Gasteiger partial charge in [0, 0.05) is 28.3 Å². The monoisotopic (exact) mass is 489 g/mol. The summed E-state index contributed by atoms with van der Waals surface area (Å²) in [5, 5.41) is 25.1. The molecular formula is C23H27N3O7S. The number of aromatic carboxylic acids is 1. The maximum atomic E-state index is 12.7. The molecule has 2 amide bonds. The van der Waals surface area contributed by atoms with E-state index in [0.717, 1.165) is 4.91 Å². The minimum absolute atomic E-state index is 0.0305. The Morgan fingerprint density at radius 2 is 2.06 bits per heavy atom. The number of carbonyl (C=O) groups is 4. The van der Waals surface area contributed by atoms with Gasteiger partial charge in [-0.15, -0.1) is 11.8 Å². The number of amides is 2. The minimum atomic E-state index is -1.08. The molecule has 0 unspecified atom stereocenters. The summed E-state index contributed by atoms with van der Waals surface area (Å²) in [6, 6.07) is 5.25. The summed E-state index contributed by atoms with van der Waals surface area (Å²) >= 11 is 1.45. The maximum absolute atomic E-state index is 12.7. The van der Waals surface area contributed by atoms with E-state index in [4.69, 9.17) is 9.84 Å². The number of fused-ring (bicyclic) bond motifs is 1. The molecule has 0 bridgehead atoms. The van der Waals surface area contributed by atoms with Crippen LogP contribution in [0.1, 0.15) is 30.6 Å². The van der Waals surface area contributed by atoms with Crippen LogP contribution >= 0.6 is 11.8 Å². The Hall–Kier alpha value is -2.89. The third kappa shape index (κ3) is 4.19. The second kappa shape index (κ2) is 9.40. The van der Waals surface area contributed by atoms with Crippen molar-refractivity contribution in [1.29, 1.82) is 0 Å². The Bertz CT molecular complexity index is 1070. The molecule has 0 spiro atoms. The van der Waals surface area contributed by atoms with Crippen molar-refractivity contribution < 1.29 is 34.1 Å². The number of nitrogens with one attached hydrogen (secondary N) is 2. The first-order valence-corrected chi connectivity index (χ1v) is 11.9. The summed E-state index contributed by atoms with van der Waals surface area (Å²) in [4.78, 5) is 51.2. The minimum Gasteiger partial charge on any atom is -0.478 e. The lowest BCUT2D eigenvalue weighted by atomic mass is 9.79. The van der Waals surface area contributed by atoms with Gasteiger partial charge in [-0.2, -0.15) is 0 Å². The van der Waals surface area contributed by atoms with Crippen LogP contribution in [0.3, 0.4) is 0 Å². The van der Waals surface area contributed by atoms with Gasteiger partial charge in [-0.3, -0.25) is 9.59 Å². The van der Waals surface area contributed by atoms with Gasteiger partial charge in [0.1, 0.15) is 5.70 Å². The molecule has 3 heterocycles. The number of carboxylic acid groups (broad SMARTS) is 1. The molecule has 0 radical (unpaired) electrons. The topological polar surface area (TPSA) is 145 Å². The third-order valence-corrected chi connectivity index (χ3v) is 8.08. The summed E-state index contributed by atoms with van der Waals surface area (Å²) in [7, 11) is 1.27. The summed E-state index contributed by atoms with van der Waals surface area (Å²) in [5.41, 5.74) is 0.707. The maximum Gasteiger partial charge on any atom is 0.355 e. The van der Waals surface area contributed by atoms with E-state index in [1.54, 1.807) is 19.1 Å². The van der Waals surface area contributed by atoms with Crippen molar-refractivity contribution in [3.05, 3.63) is 40.4 Å². The van der Waals surface area contributed by atoms with Gasteiger partial charge in [-0.05, 0) is 31.5 Å². The molecule has 1 aromatic carbocycles. The van der Waals surface area contributed by atoms with Crippen LogP contribution in [0.2, 0.25) is 0 Å². The molecule has 2 saturated heterocycles. The van der Waals surface area contributed by atoms with E-state index in [0.29, 0.717) is 18.7 Å². The molecule has 1 aromatic rings. The van der Waals surface area contributed by atoms with Crippen LogP contribution in [-0.4, -0.2) is 76.0 Å². The quantitative estimate of drug-likeness (QED) is 0.326. The number of aliphatic hydroxyl groups is 1. The molecule has 34 heavy (non-hydrogen) atoms. The first-order valence-electron chi connectivity index (χ1n) is 11.0. The van der Waals surface area contributed by atoms with Crippen LogP contribution in [0.25, 0.3) is 0 Å². The first-order chi connectivity index (χ1) is 16.1. The van der Waals surface area contributed by atoms with E-state index < -0.39 is 30.0 Å². The molecule has 182 valence electrons. The lowest BCUT2D eigenvalue weighted by Gasteiger charge is -2.46. The van der Waals surface area contributed by atoms with Crippen molar-refractivity contribution in [2.45, 2.75) is 43.7 Å². The number of hydrogen-bond acceptors (Lipinski definition) is 8. The number of thioether (sulfide) groups is 1. The Morgan fingerprint density at radius 1 is 1.32 bits per heavy atom. The summed E-state index contributed by atoms with van der Waals surface area (Å²) in [6.07, 6.45) is -0.335. The van der Waals surface area contributed by atoms with Crippen LogP contribution in [-0.2, 0) is 19.1 Å². The Morgan fingerprint density at radius 3 is 2.71 bits per heavy atom. The molecule has 0 saturated carbocycles. The number of rotatable bonds is 7. The first kappa shape index (κ1) is 24.2. The number of anilines is 1. The number of carboxylic acids is 1. The van der Waals surface area contributed by atoms with E-state index in [1.807, 2.05) is 6.92 Å². The molecule has 3 aliphatic rings. The van der Waals surface area contributed by atoms with Gasteiger partial charge >= 0.3 is 11.9 Å². The lowest BCUT2D eigenvalue weighted by molar-refractivity contribution is -0.163. The third-order valence-electron chi connectivity index (χ3n) is 6.56. The zero-order chi connectivity index (χ0) is 24.7. The van der Waals surface area contributed by atoms with Gasteiger partial charge in [0.15, 0.2) is 0 Å². The highest BCUT2D eigenvalue weighted by Crippen LogP contribution is 2.52. The van der Waals surface area contributed by atoms with Crippen molar-refractivity contribution in [2.24, 2.45) is 11.8 Å². The van der Waals surface area contributed by atoms with E-state index in [1.165, 1.54) is 35.9 Å². The summed E-state index contributed by atoms with van der Waals surface area (Å²) in [6.45, 7) is 4.02. The van der Waals surface area contributed by atoms with E-state index in [-0.39, 0.29) is 40.3 Å². The molecule has 10 nitrogen and oxygen atoms in total.